The molecule has 1 aromatic heterocycles. The number of fused-ring (bicyclic) bond motifs is 1. The molecule has 0 saturated carbocycles. The largest absolute Gasteiger partial charge is 0.462 e. The molecule has 21 heavy (non-hydrogen) atoms. The number of rotatable bonds is 3. The molecule has 0 radical (unpaired) electrons. The van der Waals surface area contributed by atoms with Crippen molar-refractivity contribution in [2.24, 2.45) is 0 Å². The number of ketones is 1. The Labute approximate surface area is 142 Å². The maximum absolute atomic E-state index is 12.4. The molecule has 2 rings (SSSR count). The fourth-order valence-corrected chi connectivity index (χ4v) is 4.37. The molecule has 1 aromatic rings. The highest BCUT2D eigenvalue weighted by atomic mass is 79.9. The van der Waals surface area contributed by atoms with Gasteiger partial charge in [0.15, 0.2) is 5.78 Å². The van der Waals surface area contributed by atoms with Gasteiger partial charge in [-0.2, -0.15) is 0 Å². The van der Waals surface area contributed by atoms with E-state index in [1.165, 1.54) is 6.92 Å². The summed E-state index contributed by atoms with van der Waals surface area (Å²) in [4.78, 5) is 36.6. The summed E-state index contributed by atoms with van der Waals surface area (Å²) in [5, 5.41) is 2.66. The number of hydrogen-bond donors (Lipinski definition) is 1. The van der Waals surface area contributed by atoms with Crippen molar-refractivity contribution >= 4 is 66.5 Å². The second-order valence-electron chi connectivity index (χ2n) is 4.55. The molecule has 1 amide bonds. The topological polar surface area (TPSA) is 72.5 Å². The van der Waals surface area contributed by atoms with Gasteiger partial charge in [0.2, 0.25) is 5.91 Å². The van der Waals surface area contributed by atoms with E-state index in [0.29, 0.717) is 29.0 Å². The highest BCUT2D eigenvalue weighted by molar-refractivity contribution is 9.26. The molecular weight excluding hydrogens is 426 g/mol. The van der Waals surface area contributed by atoms with Crippen molar-refractivity contribution < 1.29 is 19.1 Å². The van der Waals surface area contributed by atoms with Crippen molar-refractivity contribution in [3.63, 3.8) is 0 Å². The van der Waals surface area contributed by atoms with Gasteiger partial charge in [-0.15, -0.1) is 11.3 Å². The Morgan fingerprint density at radius 3 is 2.67 bits per heavy atom. The van der Waals surface area contributed by atoms with Crippen LogP contribution in [-0.2, 0) is 16.0 Å². The van der Waals surface area contributed by atoms with Crippen LogP contribution in [0, 0.1) is 0 Å². The lowest BCUT2D eigenvalue weighted by Gasteiger charge is -2.24. The third kappa shape index (κ3) is 3.22. The Bertz CT molecular complexity index is 624. The first kappa shape index (κ1) is 16.6. The molecule has 0 saturated heterocycles. The zero-order valence-electron chi connectivity index (χ0n) is 11.4. The lowest BCUT2D eigenvalue weighted by molar-refractivity contribution is -0.114. The Kier molecular flexibility index (Phi) is 4.89. The summed E-state index contributed by atoms with van der Waals surface area (Å²) in [5.41, 5.74) is 1.11. The van der Waals surface area contributed by atoms with E-state index in [4.69, 9.17) is 4.74 Å². The lowest BCUT2D eigenvalue weighted by Crippen LogP contribution is -2.30. The molecule has 5 nitrogen and oxygen atoms in total. The SMILES string of the molecule is CCOC(=O)c1sc2c(c1NC(C)=O)CCC(Br)(Br)C2=O. The van der Waals surface area contributed by atoms with E-state index in [0.717, 1.165) is 11.3 Å². The number of carbonyl (C=O) groups is 3. The Balaban J connectivity index is 2.54. The van der Waals surface area contributed by atoms with Gasteiger partial charge < -0.3 is 10.1 Å². The second kappa shape index (κ2) is 6.18. The Morgan fingerprint density at radius 1 is 1.43 bits per heavy atom. The van der Waals surface area contributed by atoms with E-state index >= 15 is 0 Å². The van der Waals surface area contributed by atoms with Gasteiger partial charge in [0, 0.05) is 6.92 Å². The van der Waals surface area contributed by atoms with Gasteiger partial charge in [0.25, 0.3) is 0 Å². The molecule has 1 N–H and O–H groups in total. The van der Waals surface area contributed by atoms with Crippen molar-refractivity contribution in [3.05, 3.63) is 15.3 Å². The van der Waals surface area contributed by atoms with Crippen LogP contribution < -0.4 is 5.32 Å². The summed E-state index contributed by atoms with van der Waals surface area (Å²) < 4.78 is 4.19. The van der Waals surface area contributed by atoms with Crippen molar-refractivity contribution in [1.29, 1.82) is 0 Å². The summed E-state index contributed by atoms with van der Waals surface area (Å²) in [6.45, 7) is 3.30. The van der Waals surface area contributed by atoms with Crippen LogP contribution >= 0.6 is 43.2 Å². The normalized spacial score (nSPS) is 16.3. The third-order valence-electron chi connectivity index (χ3n) is 3.00. The van der Waals surface area contributed by atoms with Crippen LogP contribution in [0.3, 0.4) is 0 Å². The standard InChI is InChI=1S/C13H13Br2NO4S/c1-3-20-12(19)10-8(16-6(2)17)7-4-5-13(14,15)11(18)9(7)21-10/h3-5H2,1-2H3,(H,16,17). The number of carbonyl (C=O) groups excluding carboxylic acids is 3. The van der Waals surface area contributed by atoms with Crippen LogP contribution in [-0.4, -0.2) is 27.5 Å². The van der Waals surface area contributed by atoms with Crippen LogP contribution in [0.15, 0.2) is 0 Å². The average molecular weight is 439 g/mol. The van der Waals surface area contributed by atoms with E-state index < -0.39 is 9.20 Å². The monoisotopic (exact) mass is 437 g/mol. The number of hydrogen-bond acceptors (Lipinski definition) is 5. The van der Waals surface area contributed by atoms with E-state index in [1.54, 1.807) is 6.92 Å². The van der Waals surface area contributed by atoms with Crippen LogP contribution in [0.25, 0.3) is 0 Å². The summed E-state index contributed by atoms with van der Waals surface area (Å²) in [5.74, 6) is -0.956. The number of nitrogens with one attached hydrogen (secondary N) is 1. The van der Waals surface area contributed by atoms with Crippen LogP contribution in [0.1, 0.15) is 45.2 Å². The van der Waals surface area contributed by atoms with Crippen molar-refractivity contribution in [1.82, 2.24) is 0 Å². The van der Waals surface area contributed by atoms with Gasteiger partial charge in [-0.3, -0.25) is 9.59 Å². The summed E-state index contributed by atoms with van der Waals surface area (Å²) in [6, 6.07) is 0. The van der Waals surface area contributed by atoms with Crippen LogP contribution in [0.4, 0.5) is 5.69 Å². The van der Waals surface area contributed by atoms with E-state index in [9.17, 15) is 14.4 Å². The third-order valence-corrected chi connectivity index (χ3v) is 5.72. The van der Waals surface area contributed by atoms with Crippen molar-refractivity contribution in [3.8, 4) is 0 Å². The quantitative estimate of drug-likeness (QED) is 0.579. The van der Waals surface area contributed by atoms with Gasteiger partial charge in [-0.05, 0) is 25.3 Å². The Morgan fingerprint density at radius 2 is 2.10 bits per heavy atom. The number of Topliss-reactive ketones (excluding diaryl/α,β-unsaturated/α-hetero) is 1. The summed E-state index contributed by atoms with van der Waals surface area (Å²) in [7, 11) is 0. The highest BCUT2D eigenvalue weighted by Gasteiger charge is 2.42. The molecule has 0 spiro atoms. The molecule has 0 aliphatic heterocycles. The molecule has 1 aliphatic rings. The molecule has 0 bridgehead atoms. The minimum absolute atomic E-state index is 0.143. The molecule has 0 fully saturated rings. The van der Waals surface area contributed by atoms with Gasteiger partial charge in [-0.25, -0.2) is 4.79 Å². The van der Waals surface area contributed by atoms with Gasteiger partial charge in [0.05, 0.1) is 17.2 Å². The van der Waals surface area contributed by atoms with Gasteiger partial charge in [0.1, 0.15) is 8.11 Å². The molecule has 1 heterocycles. The maximum Gasteiger partial charge on any atom is 0.350 e. The molecule has 0 atom stereocenters. The minimum atomic E-state index is -0.808. The van der Waals surface area contributed by atoms with Gasteiger partial charge in [-0.1, -0.05) is 31.9 Å². The first-order valence-electron chi connectivity index (χ1n) is 6.31. The zero-order chi connectivity index (χ0) is 15.8. The number of thiophene rings is 1. The fourth-order valence-electron chi connectivity index (χ4n) is 2.10. The molecular formula is C13H13Br2NO4S. The van der Waals surface area contributed by atoms with E-state index in [1.807, 2.05) is 0 Å². The smallest absolute Gasteiger partial charge is 0.350 e. The number of amides is 1. The second-order valence-corrected chi connectivity index (χ2v) is 9.34. The first-order chi connectivity index (χ1) is 9.77. The average Bonchev–Trinajstić information content (AvgIpc) is 2.73. The number of halogens is 2. The molecule has 0 aromatic carbocycles. The molecule has 8 heteroatoms. The maximum atomic E-state index is 12.4. The summed E-state index contributed by atoms with van der Waals surface area (Å²) >= 11 is 7.76. The number of anilines is 1. The highest BCUT2D eigenvalue weighted by Crippen LogP contribution is 2.46. The molecule has 0 unspecified atom stereocenters. The fraction of sp³-hybridized carbons (Fsp3) is 0.462. The van der Waals surface area contributed by atoms with Crippen LogP contribution in [0.5, 0.6) is 0 Å². The predicted molar refractivity (Wildman–Crippen MR) is 87.8 cm³/mol. The lowest BCUT2D eigenvalue weighted by atomic mass is 9.96. The zero-order valence-corrected chi connectivity index (χ0v) is 15.4. The van der Waals surface area contributed by atoms with Gasteiger partial charge >= 0.3 is 5.97 Å². The first-order valence-corrected chi connectivity index (χ1v) is 8.71. The molecule has 114 valence electrons. The minimum Gasteiger partial charge on any atom is -0.462 e. The number of alkyl halides is 2. The van der Waals surface area contributed by atoms with Crippen molar-refractivity contribution in [2.75, 3.05) is 11.9 Å². The molecule has 1 aliphatic carbocycles. The van der Waals surface area contributed by atoms with Crippen LogP contribution in [0.2, 0.25) is 0 Å². The number of esters is 1. The van der Waals surface area contributed by atoms with Crippen molar-refractivity contribution in [2.45, 2.75) is 29.9 Å². The Hall–Kier alpha value is -0.730. The van der Waals surface area contributed by atoms with E-state index in [2.05, 4.69) is 37.2 Å². The summed E-state index contributed by atoms with van der Waals surface area (Å²) in [6.07, 6.45) is 1.10. The van der Waals surface area contributed by atoms with E-state index in [-0.39, 0.29) is 23.2 Å². The number of ether oxygens (including phenoxy) is 1. The predicted octanol–water partition coefficient (Wildman–Crippen LogP) is 3.50.